The van der Waals surface area contributed by atoms with Gasteiger partial charge in [-0.1, -0.05) is 0 Å². The monoisotopic (exact) mass is 369 g/mol. The van der Waals surface area contributed by atoms with E-state index in [1.54, 1.807) is 9.96 Å². The zero-order chi connectivity index (χ0) is 16.3. The van der Waals surface area contributed by atoms with Gasteiger partial charge in [-0.25, -0.2) is 0 Å². The van der Waals surface area contributed by atoms with Crippen molar-refractivity contribution < 1.29 is 0 Å². The van der Waals surface area contributed by atoms with Crippen LogP contribution >= 0.6 is 0 Å². The van der Waals surface area contributed by atoms with E-state index in [-0.39, 0.29) is 0 Å². The van der Waals surface area contributed by atoms with Crippen molar-refractivity contribution in [1.82, 2.24) is 4.98 Å². The molecule has 1 nitrogen and oxygen atoms in total. The number of hydrogen-bond acceptors (Lipinski definition) is 1. The van der Waals surface area contributed by atoms with Crippen LogP contribution in [0.2, 0.25) is 17.3 Å². The van der Waals surface area contributed by atoms with Gasteiger partial charge in [-0.15, -0.1) is 0 Å². The Balaban J connectivity index is 1.95. The molecule has 1 heterocycles. The van der Waals surface area contributed by atoms with E-state index in [9.17, 15) is 0 Å². The van der Waals surface area contributed by atoms with Gasteiger partial charge in [0.25, 0.3) is 0 Å². The summed E-state index contributed by atoms with van der Waals surface area (Å²) in [5, 5.41) is 0. The molecule has 0 spiro atoms. The molecule has 1 aliphatic carbocycles. The molecule has 0 N–H and O–H groups in total. The molecule has 0 bridgehead atoms. The molecule has 1 fully saturated rings. The van der Waals surface area contributed by atoms with E-state index in [1.165, 1.54) is 44.1 Å². The van der Waals surface area contributed by atoms with Gasteiger partial charge in [0.2, 0.25) is 0 Å². The fourth-order valence-corrected chi connectivity index (χ4v) is 7.15. The molecule has 2 aromatic rings. The molecule has 122 valence electrons. The van der Waals surface area contributed by atoms with Crippen molar-refractivity contribution in [3.05, 3.63) is 48.2 Å². The maximum atomic E-state index is 4.82. The molecule has 2 heteroatoms. The van der Waals surface area contributed by atoms with Gasteiger partial charge in [0.05, 0.1) is 0 Å². The summed E-state index contributed by atoms with van der Waals surface area (Å²) < 4.78 is 1.61. The van der Waals surface area contributed by atoms with Crippen LogP contribution in [0.5, 0.6) is 0 Å². The summed E-state index contributed by atoms with van der Waals surface area (Å²) in [5.41, 5.74) is 3.98. The molecule has 1 aromatic carbocycles. The molecule has 0 aliphatic heterocycles. The molecule has 0 atom stereocenters. The molecule has 1 aliphatic rings. The van der Waals surface area contributed by atoms with Crippen LogP contribution in [0.4, 0.5) is 0 Å². The van der Waals surface area contributed by atoms with Crippen LogP contribution < -0.4 is 4.40 Å². The molecule has 1 aromatic heterocycles. The average Bonchev–Trinajstić information content (AvgIpc) is 2.55. The molecule has 0 amide bonds. The van der Waals surface area contributed by atoms with Crippen molar-refractivity contribution in [3.8, 4) is 11.3 Å². The molecular weight excluding hydrogens is 339 g/mol. The summed E-state index contributed by atoms with van der Waals surface area (Å²) in [7, 11) is 0. The molecular formula is C21H29GeN. The second-order valence-corrected chi connectivity index (χ2v) is 18.6. The molecule has 1 saturated carbocycles. The van der Waals surface area contributed by atoms with Gasteiger partial charge in [0.1, 0.15) is 0 Å². The Labute approximate surface area is 143 Å². The van der Waals surface area contributed by atoms with Crippen molar-refractivity contribution in [2.45, 2.75) is 55.8 Å². The Bertz CT molecular complexity index is 637. The van der Waals surface area contributed by atoms with Crippen molar-refractivity contribution in [3.63, 3.8) is 0 Å². The van der Waals surface area contributed by atoms with Gasteiger partial charge in [0, 0.05) is 0 Å². The summed E-state index contributed by atoms with van der Waals surface area (Å²) >= 11 is -1.88. The molecule has 23 heavy (non-hydrogen) atoms. The van der Waals surface area contributed by atoms with Crippen LogP contribution in [0.1, 0.15) is 37.7 Å². The summed E-state index contributed by atoms with van der Waals surface area (Å²) in [5.74, 6) is 8.36. The zero-order valence-electron chi connectivity index (χ0n) is 14.8. The first-order valence-electron chi connectivity index (χ1n) is 9.09. The molecule has 0 saturated heterocycles. The van der Waals surface area contributed by atoms with Crippen LogP contribution in [0.3, 0.4) is 0 Å². The first kappa shape index (κ1) is 16.8. The summed E-state index contributed by atoms with van der Waals surface area (Å²) in [4.78, 5) is 4.82. The van der Waals surface area contributed by atoms with E-state index in [2.05, 4.69) is 59.9 Å². The predicted octanol–water partition coefficient (Wildman–Crippen LogP) is 5.42. The Hall–Kier alpha value is -1.09. The maximum absolute atomic E-state index is 4.82. The van der Waals surface area contributed by atoms with Crippen LogP contribution in [0, 0.1) is 5.92 Å². The van der Waals surface area contributed by atoms with E-state index in [0.29, 0.717) is 0 Å². The first-order chi connectivity index (χ1) is 11.0. The molecule has 3 rings (SSSR count). The number of rotatable bonds is 4. The van der Waals surface area contributed by atoms with Crippen molar-refractivity contribution >= 4 is 17.7 Å². The SMILES string of the molecule is [CH3][Ge]([CH3])([CH3])[c]1cnc(-c2ccccc2)cc1CC1CCCCC1. The average molecular weight is 368 g/mol. The van der Waals surface area contributed by atoms with Crippen molar-refractivity contribution in [1.29, 1.82) is 0 Å². The number of benzene rings is 1. The number of pyridine rings is 1. The van der Waals surface area contributed by atoms with Crippen LogP contribution in [-0.2, 0) is 6.42 Å². The second kappa shape index (κ2) is 7.21. The van der Waals surface area contributed by atoms with Crippen LogP contribution in [0.25, 0.3) is 11.3 Å². The van der Waals surface area contributed by atoms with Gasteiger partial charge in [-0.05, 0) is 0 Å². The third kappa shape index (κ3) is 4.26. The summed E-state index contributed by atoms with van der Waals surface area (Å²) in [6.07, 6.45) is 10.6. The number of nitrogens with zero attached hydrogens (tertiary/aromatic N) is 1. The Morgan fingerprint density at radius 2 is 1.70 bits per heavy atom. The Morgan fingerprint density at radius 1 is 1.00 bits per heavy atom. The van der Waals surface area contributed by atoms with Gasteiger partial charge in [-0.2, -0.15) is 0 Å². The van der Waals surface area contributed by atoms with E-state index in [4.69, 9.17) is 4.98 Å². The third-order valence-corrected chi connectivity index (χ3v) is 9.44. The van der Waals surface area contributed by atoms with E-state index in [0.717, 1.165) is 11.6 Å². The number of aromatic nitrogens is 1. The van der Waals surface area contributed by atoms with Crippen molar-refractivity contribution in [2.75, 3.05) is 0 Å². The second-order valence-electron chi connectivity index (χ2n) is 8.05. The fraction of sp³-hybridized carbons (Fsp3) is 0.476. The number of hydrogen-bond donors (Lipinski definition) is 0. The van der Waals surface area contributed by atoms with Gasteiger partial charge < -0.3 is 0 Å². The fourth-order valence-electron chi connectivity index (χ4n) is 3.81. The molecule has 0 radical (unpaired) electrons. The first-order valence-corrected chi connectivity index (χ1v) is 16.4. The predicted molar refractivity (Wildman–Crippen MR) is 103 cm³/mol. The van der Waals surface area contributed by atoms with Gasteiger partial charge in [0.15, 0.2) is 0 Å². The minimum absolute atomic E-state index is 0.887. The zero-order valence-corrected chi connectivity index (χ0v) is 16.9. The topological polar surface area (TPSA) is 12.9 Å². The minimum atomic E-state index is -1.88. The summed E-state index contributed by atoms with van der Waals surface area (Å²) in [6, 6.07) is 13.0. The van der Waals surface area contributed by atoms with Crippen LogP contribution in [0.15, 0.2) is 42.6 Å². The van der Waals surface area contributed by atoms with E-state index in [1.807, 2.05) is 0 Å². The van der Waals surface area contributed by atoms with E-state index >= 15 is 0 Å². The quantitative estimate of drug-likeness (QED) is 0.657. The van der Waals surface area contributed by atoms with Gasteiger partial charge >= 0.3 is 144 Å². The Kier molecular flexibility index (Phi) is 5.25. The molecule has 0 unspecified atom stereocenters. The van der Waals surface area contributed by atoms with E-state index < -0.39 is 13.3 Å². The van der Waals surface area contributed by atoms with Crippen molar-refractivity contribution in [2.24, 2.45) is 5.92 Å². The van der Waals surface area contributed by atoms with Gasteiger partial charge in [-0.3, -0.25) is 0 Å². The van der Waals surface area contributed by atoms with Crippen LogP contribution in [-0.4, -0.2) is 18.3 Å². The normalized spacial score (nSPS) is 16.5. The Morgan fingerprint density at radius 3 is 2.35 bits per heavy atom. The third-order valence-electron chi connectivity index (χ3n) is 5.10. The summed E-state index contributed by atoms with van der Waals surface area (Å²) in [6.45, 7) is 0. The standard InChI is InChI=1S/C21H29GeN/c1-22(2,3)20-16-23-21(18-12-8-5-9-13-18)15-19(20)14-17-10-6-4-7-11-17/h5,8-9,12-13,15-17H,4,6-7,10-11,14H2,1-3H3.